The molecular formula is C14H15F3O2. The lowest BCUT2D eigenvalue weighted by atomic mass is 9.89. The van der Waals surface area contributed by atoms with Crippen molar-refractivity contribution in [2.75, 3.05) is 7.11 Å². The number of ketones is 1. The quantitative estimate of drug-likeness (QED) is 0.768. The Morgan fingerprint density at radius 3 is 2.68 bits per heavy atom. The van der Waals surface area contributed by atoms with Gasteiger partial charge in [-0.1, -0.05) is 6.07 Å². The van der Waals surface area contributed by atoms with Crippen molar-refractivity contribution in [2.45, 2.75) is 37.8 Å². The third kappa shape index (κ3) is 3.28. The summed E-state index contributed by atoms with van der Waals surface area (Å²) >= 11 is 0. The van der Waals surface area contributed by atoms with Crippen molar-refractivity contribution in [1.29, 1.82) is 0 Å². The summed E-state index contributed by atoms with van der Waals surface area (Å²) in [6.07, 6.45) is -4.00. The molecule has 2 rings (SSSR count). The SMILES string of the molecule is COc1ccc2c(c1)CCCC(=O)C2CC(F)(F)F. The molecule has 0 saturated carbocycles. The molecule has 0 radical (unpaired) electrons. The lowest BCUT2D eigenvalue weighted by Gasteiger charge is -2.18. The van der Waals surface area contributed by atoms with Crippen molar-refractivity contribution in [3.05, 3.63) is 29.3 Å². The van der Waals surface area contributed by atoms with Crippen LogP contribution in [-0.2, 0) is 11.2 Å². The Bertz CT molecular complexity index is 480. The predicted molar refractivity (Wildman–Crippen MR) is 64.4 cm³/mol. The first-order chi connectivity index (χ1) is 8.90. The molecule has 1 aliphatic carbocycles. The zero-order valence-electron chi connectivity index (χ0n) is 10.6. The summed E-state index contributed by atoms with van der Waals surface area (Å²) in [7, 11) is 1.51. The highest BCUT2D eigenvalue weighted by atomic mass is 19.4. The Morgan fingerprint density at radius 2 is 2.05 bits per heavy atom. The van der Waals surface area contributed by atoms with E-state index in [1.165, 1.54) is 7.11 Å². The van der Waals surface area contributed by atoms with Gasteiger partial charge < -0.3 is 4.74 Å². The minimum Gasteiger partial charge on any atom is -0.497 e. The maximum Gasteiger partial charge on any atom is 0.390 e. The number of hydrogen-bond donors (Lipinski definition) is 0. The van der Waals surface area contributed by atoms with Gasteiger partial charge >= 0.3 is 6.18 Å². The second-order valence-electron chi connectivity index (χ2n) is 4.76. The maximum absolute atomic E-state index is 12.6. The van der Waals surface area contributed by atoms with Gasteiger partial charge in [0.25, 0.3) is 0 Å². The van der Waals surface area contributed by atoms with Gasteiger partial charge in [-0.05, 0) is 36.1 Å². The fraction of sp³-hybridized carbons (Fsp3) is 0.500. The third-order valence-electron chi connectivity index (χ3n) is 3.42. The number of hydrogen-bond acceptors (Lipinski definition) is 2. The van der Waals surface area contributed by atoms with E-state index < -0.39 is 18.5 Å². The zero-order valence-corrected chi connectivity index (χ0v) is 10.6. The molecule has 0 spiro atoms. The molecule has 104 valence electrons. The molecule has 0 fully saturated rings. The molecule has 2 nitrogen and oxygen atoms in total. The van der Waals surface area contributed by atoms with Crippen LogP contribution in [0, 0.1) is 0 Å². The number of carbonyl (C=O) groups is 1. The first-order valence-electron chi connectivity index (χ1n) is 6.17. The Morgan fingerprint density at radius 1 is 1.32 bits per heavy atom. The lowest BCUT2D eigenvalue weighted by molar-refractivity contribution is -0.147. The molecule has 1 aromatic rings. The second-order valence-corrected chi connectivity index (χ2v) is 4.76. The molecule has 1 unspecified atom stereocenters. The van der Waals surface area contributed by atoms with Crippen LogP contribution in [-0.4, -0.2) is 19.1 Å². The first kappa shape index (κ1) is 13.9. The van der Waals surface area contributed by atoms with Gasteiger partial charge in [0.1, 0.15) is 11.5 Å². The number of halogens is 3. The highest BCUT2D eigenvalue weighted by molar-refractivity contribution is 5.86. The summed E-state index contributed by atoms with van der Waals surface area (Å²) in [6.45, 7) is 0. The molecule has 0 bridgehead atoms. The van der Waals surface area contributed by atoms with Crippen molar-refractivity contribution in [3.63, 3.8) is 0 Å². The fourth-order valence-corrected chi connectivity index (χ4v) is 2.52. The molecule has 1 aromatic carbocycles. The Kier molecular flexibility index (Phi) is 3.83. The molecule has 0 N–H and O–H groups in total. The highest BCUT2D eigenvalue weighted by Gasteiger charge is 2.37. The first-order valence-corrected chi connectivity index (χ1v) is 6.17. The molecule has 0 heterocycles. The Balaban J connectivity index is 2.40. The minimum atomic E-state index is -4.33. The van der Waals surface area contributed by atoms with Crippen LogP contribution in [0.3, 0.4) is 0 Å². The molecule has 19 heavy (non-hydrogen) atoms. The monoisotopic (exact) mass is 272 g/mol. The van der Waals surface area contributed by atoms with Crippen LogP contribution in [0.4, 0.5) is 13.2 Å². The van der Waals surface area contributed by atoms with E-state index >= 15 is 0 Å². The van der Waals surface area contributed by atoms with E-state index in [0.717, 1.165) is 5.56 Å². The third-order valence-corrected chi connectivity index (χ3v) is 3.42. The van der Waals surface area contributed by atoms with Crippen LogP contribution in [0.5, 0.6) is 5.75 Å². The zero-order chi connectivity index (χ0) is 14.0. The molecular weight excluding hydrogens is 257 g/mol. The van der Waals surface area contributed by atoms with E-state index in [9.17, 15) is 18.0 Å². The normalized spacial score (nSPS) is 19.8. The van der Waals surface area contributed by atoms with Crippen LogP contribution in [0.25, 0.3) is 0 Å². The van der Waals surface area contributed by atoms with Crippen LogP contribution >= 0.6 is 0 Å². The van der Waals surface area contributed by atoms with E-state index in [2.05, 4.69) is 0 Å². The largest absolute Gasteiger partial charge is 0.497 e. The van der Waals surface area contributed by atoms with Crippen LogP contribution in [0.2, 0.25) is 0 Å². The van der Waals surface area contributed by atoms with Crippen molar-refractivity contribution < 1.29 is 22.7 Å². The lowest BCUT2D eigenvalue weighted by Crippen LogP contribution is -2.20. The summed E-state index contributed by atoms with van der Waals surface area (Å²) in [4.78, 5) is 11.9. The number of methoxy groups -OCH3 is 1. The number of rotatable bonds is 2. The molecule has 5 heteroatoms. The highest BCUT2D eigenvalue weighted by Crippen LogP contribution is 2.37. The predicted octanol–water partition coefficient (Wildman–Crippen LogP) is 3.64. The molecule has 0 amide bonds. The average molecular weight is 272 g/mol. The van der Waals surface area contributed by atoms with Gasteiger partial charge in [0, 0.05) is 6.42 Å². The molecule has 0 aromatic heterocycles. The van der Waals surface area contributed by atoms with Gasteiger partial charge in [0.05, 0.1) is 19.4 Å². The van der Waals surface area contributed by atoms with Crippen LogP contribution < -0.4 is 4.74 Å². The number of aryl methyl sites for hydroxylation is 1. The number of carbonyl (C=O) groups excluding carboxylic acids is 1. The number of Topliss-reactive ketones (excluding diaryl/α,β-unsaturated/α-hetero) is 1. The standard InChI is InChI=1S/C14H15F3O2/c1-19-10-5-6-11-9(7-10)3-2-4-13(18)12(11)8-14(15,16)17/h5-7,12H,2-4,8H2,1H3. The topological polar surface area (TPSA) is 26.3 Å². The van der Waals surface area contributed by atoms with Gasteiger partial charge in [-0.2, -0.15) is 13.2 Å². The number of ether oxygens (including phenoxy) is 1. The molecule has 0 aliphatic heterocycles. The fourth-order valence-electron chi connectivity index (χ4n) is 2.52. The molecule has 0 saturated heterocycles. The van der Waals surface area contributed by atoms with Crippen molar-refractivity contribution in [1.82, 2.24) is 0 Å². The van der Waals surface area contributed by atoms with E-state index in [1.807, 2.05) is 0 Å². The van der Waals surface area contributed by atoms with E-state index in [-0.39, 0.29) is 12.2 Å². The maximum atomic E-state index is 12.6. The number of fused-ring (bicyclic) bond motifs is 1. The number of benzene rings is 1. The summed E-state index contributed by atoms with van der Waals surface area (Å²) < 4.78 is 42.9. The van der Waals surface area contributed by atoms with E-state index in [0.29, 0.717) is 24.2 Å². The summed E-state index contributed by atoms with van der Waals surface area (Å²) in [5, 5.41) is 0. The average Bonchev–Trinajstić information content (AvgIpc) is 2.48. The van der Waals surface area contributed by atoms with Crippen molar-refractivity contribution in [2.24, 2.45) is 0 Å². The van der Waals surface area contributed by atoms with Crippen LogP contribution in [0.15, 0.2) is 18.2 Å². The summed E-state index contributed by atoms with van der Waals surface area (Å²) in [5.41, 5.74) is 1.29. The second kappa shape index (κ2) is 5.23. The molecule has 1 aliphatic rings. The Hall–Kier alpha value is -1.52. The Labute approximate surface area is 109 Å². The minimum absolute atomic E-state index is 0.206. The smallest absolute Gasteiger partial charge is 0.390 e. The molecule has 1 atom stereocenters. The summed E-state index contributed by atoms with van der Waals surface area (Å²) in [5.74, 6) is -0.775. The van der Waals surface area contributed by atoms with Gasteiger partial charge in [0.2, 0.25) is 0 Å². The number of alkyl halides is 3. The van der Waals surface area contributed by atoms with Gasteiger partial charge in [-0.15, -0.1) is 0 Å². The van der Waals surface area contributed by atoms with Crippen molar-refractivity contribution in [3.8, 4) is 5.75 Å². The van der Waals surface area contributed by atoms with E-state index in [1.54, 1.807) is 18.2 Å². The van der Waals surface area contributed by atoms with Gasteiger partial charge in [-0.3, -0.25) is 4.79 Å². The van der Waals surface area contributed by atoms with Gasteiger partial charge in [-0.25, -0.2) is 0 Å². The van der Waals surface area contributed by atoms with Crippen molar-refractivity contribution >= 4 is 5.78 Å². The van der Waals surface area contributed by atoms with E-state index in [4.69, 9.17) is 4.74 Å². The van der Waals surface area contributed by atoms with Gasteiger partial charge in [0.15, 0.2) is 0 Å². The van der Waals surface area contributed by atoms with Crippen LogP contribution in [0.1, 0.15) is 36.3 Å². The summed E-state index contributed by atoms with van der Waals surface area (Å²) in [6, 6.07) is 4.94.